The Kier molecular flexibility index (Phi) is 4.64. The second-order valence-electron chi connectivity index (χ2n) is 4.36. The van der Waals surface area contributed by atoms with E-state index in [2.05, 4.69) is 10.8 Å². The Labute approximate surface area is 119 Å². The Morgan fingerprint density at radius 3 is 2.74 bits per heavy atom. The van der Waals surface area contributed by atoms with Crippen molar-refractivity contribution in [1.82, 2.24) is 4.90 Å². The molecular weight excluding hydrogens is 258 g/mol. The Morgan fingerprint density at radius 1 is 1.37 bits per heavy atom. The van der Waals surface area contributed by atoms with Gasteiger partial charge in [-0.2, -0.15) is 0 Å². The van der Waals surface area contributed by atoms with E-state index in [1.807, 2.05) is 18.2 Å². The number of rotatable bonds is 4. The van der Waals surface area contributed by atoms with Crippen molar-refractivity contribution in [2.24, 2.45) is 0 Å². The van der Waals surface area contributed by atoms with Crippen LogP contribution in [0.1, 0.15) is 18.4 Å². The first-order chi connectivity index (χ1) is 9.26. The van der Waals surface area contributed by atoms with E-state index in [4.69, 9.17) is 28.1 Å². The molecule has 2 rings (SSSR count). The topological polar surface area (TPSA) is 21.7 Å². The zero-order valence-electron chi connectivity index (χ0n) is 11.0. The predicted octanol–water partition coefficient (Wildman–Crippen LogP) is 2.48. The van der Waals surface area contributed by atoms with Crippen LogP contribution in [0.2, 0.25) is 0 Å². The third-order valence-corrected chi connectivity index (χ3v) is 3.61. The third-order valence-electron chi connectivity index (χ3n) is 3.11. The van der Waals surface area contributed by atoms with E-state index in [-0.39, 0.29) is 6.61 Å². The zero-order valence-corrected chi connectivity index (χ0v) is 11.8. The highest BCUT2D eigenvalue weighted by Crippen LogP contribution is 2.29. The van der Waals surface area contributed by atoms with Gasteiger partial charge in [0.15, 0.2) is 11.5 Å². The van der Waals surface area contributed by atoms with Gasteiger partial charge in [-0.3, -0.25) is 0 Å². The van der Waals surface area contributed by atoms with Crippen LogP contribution < -0.4 is 9.47 Å². The summed E-state index contributed by atoms with van der Waals surface area (Å²) < 4.78 is 10.7. The van der Waals surface area contributed by atoms with E-state index < -0.39 is 0 Å². The van der Waals surface area contributed by atoms with Crippen LogP contribution in [-0.4, -0.2) is 36.7 Å². The normalized spacial score (nSPS) is 14.0. The summed E-state index contributed by atoms with van der Waals surface area (Å²) in [5.41, 5.74) is 0.988. The molecule has 1 heterocycles. The molecular formula is C15H17NO2S. The summed E-state index contributed by atoms with van der Waals surface area (Å²) in [6, 6.07) is 5.72. The average molecular weight is 275 g/mol. The van der Waals surface area contributed by atoms with Gasteiger partial charge in [-0.15, -0.1) is 6.42 Å². The minimum absolute atomic E-state index is 0.228. The highest BCUT2D eigenvalue weighted by Gasteiger charge is 2.17. The Hall–Kier alpha value is -1.73. The van der Waals surface area contributed by atoms with Crippen molar-refractivity contribution in [3.63, 3.8) is 0 Å². The molecule has 1 fully saturated rings. The molecule has 0 spiro atoms. The van der Waals surface area contributed by atoms with E-state index in [1.54, 1.807) is 7.11 Å². The highest BCUT2D eigenvalue weighted by molar-refractivity contribution is 7.80. The van der Waals surface area contributed by atoms with Gasteiger partial charge in [0.05, 0.1) is 7.11 Å². The SMILES string of the molecule is C#CCOc1ccc(C(=S)N2CCCC2)cc1OC. The fraction of sp³-hybridized carbons (Fsp3) is 0.400. The first-order valence-corrected chi connectivity index (χ1v) is 6.70. The molecule has 1 aromatic rings. The van der Waals surface area contributed by atoms with Crippen molar-refractivity contribution < 1.29 is 9.47 Å². The third kappa shape index (κ3) is 3.18. The van der Waals surface area contributed by atoms with Gasteiger partial charge in [0, 0.05) is 18.7 Å². The lowest BCUT2D eigenvalue weighted by molar-refractivity contribution is 0.331. The van der Waals surface area contributed by atoms with Crippen LogP contribution in [0.5, 0.6) is 11.5 Å². The monoisotopic (exact) mass is 275 g/mol. The van der Waals surface area contributed by atoms with Gasteiger partial charge in [0.25, 0.3) is 0 Å². The Morgan fingerprint density at radius 2 is 2.11 bits per heavy atom. The summed E-state index contributed by atoms with van der Waals surface area (Å²) in [5, 5.41) is 0. The highest BCUT2D eigenvalue weighted by atomic mass is 32.1. The predicted molar refractivity (Wildman–Crippen MR) is 79.8 cm³/mol. The lowest BCUT2D eigenvalue weighted by Gasteiger charge is -2.19. The van der Waals surface area contributed by atoms with Crippen molar-refractivity contribution in [3.05, 3.63) is 23.8 Å². The van der Waals surface area contributed by atoms with Gasteiger partial charge >= 0.3 is 0 Å². The molecule has 0 saturated carbocycles. The lowest BCUT2D eigenvalue weighted by atomic mass is 10.2. The maximum absolute atomic E-state index is 5.52. The second kappa shape index (κ2) is 6.44. The van der Waals surface area contributed by atoms with E-state index in [0.717, 1.165) is 23.6 Å². The summed E-state index contributed by atoms with van der Waals surface area (Å²) in [6.45, 7) is 2.30. The van der Waals surface area contributed by atoms with Crippen molar-refractivity contribution in [2.75, 3.05) is 26.8 Å². The van der Waals surface area contributed by atoms with E-state index in [0.29, 0.717) is 11.5 Å². The second-order valence-corrected chi connectivity index (χ2v) is 4.74. The van der Waals surface area contributed by atoms with Gasteiger partial charge in [-0.05, 0) is 31.0 Å². The molecule has 1 aromatic carbocycles. The van der Waals surface area contributed by atoms with Crippen LogP contribution >= 0.6 is 12.2 Å². The van der Waals surface area contributed by atoms with Crippen LogP contribution in [0.25, 0.3) is 0 Å². The van der Waals surface area contributed by atoms with Gasteiger partial charge in [-0.25, -0.2) is 0 Å². The molecule has 0 radical (unpaired) electrons. The number of hydrogen-bond acceptors (Lipinski definition) is 3. The molecule has 1 aliphatic heterocycles. The van der Waals surface area contributed by atoms with Gasteiger partial charge < -0.3 is 14.4 Å². The molecule has 19 heavy (non-hydrogen) atoms. The van der Waals surface area contributed by atoms with Crippen LogP contribution in [-0.2, 0) is 0 Å². The molecule has 3 nitrogen and oxygen atoms in total. The van der Waals surface area contributed by atoms with Gasteiger partial charge in [0.1, 0.15) is 11.6 Å². The first kappa shape index (κ1) is 13.7. The Balaban J connectivity index is 2.18. The molecule has 0 bridgehead atoms. The summed E-state index contributed by atoms with van der Waals surface area (Å²) in [5.74, 6) is 3.75. The van der Waals surface area contributed by atoms with Crippen molar-refractivity contribution in [1.29, 1.82) is 0 Å². The van der Waals surface area contributed by atoms with Crippen molar-refractivity contribution >= 4 is 17.2 Å². The molecule has 0 N–H and O–H groups in total. The molecule has 100 valence electrons. The summed E-state index contributed by atoms with van der Waals surface area (Å²) in [7, 11) is 1.61. The molecule has 4 heteroatoms. The minimum Gasteiger partial charge on any atom is -0.493 e. The molecule has 0 amide bonds. The lowest BCUT2D eigenvalue weighted by Crippen LogP contribution is -2.26. The standard InChI is InChI=1S/C15H17NO2S/c1-3-10-18-13-7-6-12(11-14(13)17-2)15(19)16-8-4-5-9-16/h1,6-7,11H,4-5,8-10H2,2H3. The smallest absolute Gasteiger partial charge is 0.162 e. The molecule has 0 aromatic heterocycles. The van der Waals surface area contributed by atoms with Gasteiger partial charge in [0.2, 0.25) is 0 Å². The van der Waals surface area contributed by atoms with E-state index in [9.17, 15) is 0 Å². The molecule has 1 aliphatic rings. The van der Waals surface area contributed by atoms with Gasteiger partial charge in [-0.1, -0.05) is 18.1 Å². The number of hydrogen-bond donors (Lipinski definition) is 0. The van der Waals surface area contributed by atoms with E-state index >= 15 is 0 Å². The summed E-state index contributed by atoms with van der Waals surface area (Å²) >= 11 is 5.52. The fourth-order valence-electron chi connectivity index (χ4n) is 2.14. The van der Waals surface area contributed by atoms with Crippen LogP contribution in [0.3, 0.4) is 0 Å². The number of likely N-dealkylation sites (tertiary alicyclic amines) is 1. The number of thiocarbonyl (C=S) groups is 1. The summed E-state index contributed by atoms with van der Waals surface area (Å²) in [6.07, 6.45) is 7.60. The van der Waals surface area contributed by atoms with Crippen LogP contribution in [0.15, 0.2) is 18.2 Å². The average Bonchev–Trinajstić information content (AvgIpc) is 2.98. The molecule has 0 aliphatic carbocycles. The number of terminal acetylenes is 1. The first-order valence-electron chi connectivity index (χ1n) is 6.30. The zero-order chi connectivity index (χ0) is 13.7. The number of ether oxygens (including phenoxy) is 2. The maximum atomic E-state index is 5.52. The van der Waals surface area contributed by atoms with E-state index in [1.165, 1.54) is 12.8 Å². The number of methoxy groups -OCH3 is 1. The quantitative estimate of drug-likeness (QED) is 0.621. The van der Waals surface area contributed by atoms with Crippen LogP contribution in [0, 0.1) is 12.3 Å². The maximum Gasteiger partial charge on any atom is 0.162 e. The number of nitrogens with zero attached hydrogens (tertiary/aromatic N) is 1. The Bertz CT molecular complexity index is 501. The van der Waals surface area contributed by atoms with Crippen molar-refractivity contribution in [3.8, 4) is 23.8 Å². The van der Waals surface area contributed by atoms with Crippen molar-refractivity contribution in [2.45, 2.75) is 12.8 Å². The fourth-order valence-corrected chi connectivity index (χ4v) is 2.45. The summed E-state index contributed by atoms with van der Waals surface area (Å²) in [4.78, 5) is 3.10. The molecule has 0 unspecified atom stereocenters. The molecule has 0 atom stereocenters. The largest absolute Gasteiger partial charge is 0.493 e. The van der Waals surface area contributed by atoms with Crippen LogP contribution in [0.4, 0.5) is 0 Å². The number of benzene rings is 1. The minimum atomic E-state index is 0.228. The molecule has 1 saturated heterocycles.